The number of nitrogens with one attached hydrogen (secondary N) is 2. The molecule has 3 aromatic rings. The number of hydrogen-bond acceptors (Lipinski definition) is 11. The Bertz CT molecular complexity index is 1780. The minimum Gasteiger partial charge on any atom is -0.478 e. The van der Waals surface area contributed by atoms with Crippen molar-refractivity contribution < 1.29 is 38.8 Å². The molecule has 18 heteroatoms. The third-order valence-electron chi connectivity index (χ3n) is 7.78. The van der Waals surface area contributed by atoms with Crippen LogP contribution < -0.4 is 20.9 Å². The van der Waals surface area contributed by atoms with E-state index in [2.05, 4.69) is 25.3 Å². The third kappa shape index (κ3) is 5.71. The number of aliphatic carboxylic acids is 2. The van der Waals surface area contributed by atoms with Crippen LogP contribution in [0.3, 0.4) is 0 Å². The van der Waals surface area contributed by atoms with Crippen molar-refractivity contribution >= 4 is 80.3 Å². The molecule has 0 bridgehead atoms. The molecule has 0 unspecified atom stereocenters. The first-order chi connectivity index (χ1) is 21.5. The number of hydrogen-bond donors (Lipinski definition) is 5. The number of anilines is 1. The standard InChI is InChI=1S/C27H27ClN8O7S2/c1-12(25(39)40)43-33-18(17-21(28)45-27(29)32-17)22(37)31-19-23(38)36-20(26(41)42)13(11-44-24(19)36)10-34-7-2-3-16-15(34)5-8-35(16)14-4-6-30-9-14/h2-3,5,7-8,12,14,19,24,30H,4,6,9-11H2,1H3,(H4-,29,31,32,37,39,40,41,42)/p+1/t12-,14-,19+,24+/m0/s1. The van der Waals surface area contributed by atoms with Gasteiger partial charge in [0, 0.05) is 42.2 Å². The van der Waals surface area contributed by atoms with Crippen molar-refractivity contribution in [1.29, 1.82) is 0 Å². The van der Waals surface area contributed by atoms with Crippen LogP contribution in [0.25, 0.3) is 11.0 Å². The van der Waals surface area contributed by atoms with Gasteiger partial charge in [0.1, 0.15) is 32.7 Å². The van der Waals surface area contributed by atoms with E-state index in [9.17, 15) is 24.3 Å². The molecule has 2 saturated heterocycles. The highest BCUT2D eigenvalue weighted by Crippen LogP contribution is 2.40. The van der Waals surface area contributed by atoms with Crippen molar-refractivity contribution in [2.24, 2.45) is 5.16 Å². The van der Waals surface area contributed by atoms with Crippen LogP contribution in [0, 0.1) is 0 Å². The maximum absolute atomic E-state index is 13.4. The Morgan fingerprint density at radius 1 is 1.36 bits per heavy atom. The summed E-state index contributed by atoms with van der Waals surface area (Å²) in [5.41, 5.74) is 7.50. The van der Waals surface area contributed by atoms with Gasteiger partial charge in [0.15, 0.2) is 23.6 Å². The second-order valence-corrected chi connectivity index (χ2v) is 13.3. The van der Waals surface area contributed by atoms with Gasteiger partial charge >= 0.3 is 11.9 Å². The second-order valence-electron chi connectivity index (χ2n) is 10.6. The number of thioether (sulfide) groups is 1. The van der Waals surface area contributed by atoms with Gasteiger partial charge in [-0.25, -0.2) is 14.6 Å². The summed E-state index contributed by atoms with van der Waals surface area (Å²) in [4.78, 5) is 60.5. The van der Waals surface area contributed by atoms with Crippen LogP contribution in [-0.4, -0.2) is 90.5 Å². The molecule has 6 N–H and O–H groups in total. The molecule has 6 heterocycles. The predicted molar refractivity (Wildman–Crippen MR) is 165 cm³/mol. The molecule has 3 aliphatic heterocycles. The normalized spacial score (nSPS) is 22.3. The van der Waals surface area contributed by atoms with Gasteiger partial charge in [0.05, 0.1) is 0 Å². The Kier molecular flexibility index (Phi) is 8.43. The van der Waals surface area contributed by atoms with Gasteiger partial charge in [-0.15, -0.1) is 11.8 Å². The summed E-state index contributed by atoms with van der Waals surface area (Å²) < 4.78 is 4.21. The molecule has 15 nitrogen and oxygen atoms in total. The van der Waals surface area contributed by atoms with Crippen LogP contribution in [-0.2, 0) is 30.6 Å². The lowest BCUT2D eigenvalue weighted by molar-refractivity contribution is -0.663. The molecule has 0 saturated carbocycles. The summed E-state index contributed by atoms with van der Waals surface area (Å²) in [7, 11) is 0. The number of oxime groups is 1. The number of carboxylic acids is 2. The Labute approximate surface area is 268 Å². The lowest BCUT2D eigenvalue weighted by Crippen LogP contribution is -2.71. The van der Waals surface area contributed by atoms with Crippen LogP contribution >= 0.6 is 34.7 Å². The minimum atomic E-state index is -1.40. The number of nitrogens with zero attached hydrogens (tertiary/aromatic N) is 5. The number of carbonyl (C=O) groups excluding carboxylic acids is 2. The molecule has 0 spiro atoms. The van der Waals surface area contributed by atoms with Gasteiger partial charge in [-0.2, -0.15) is 4.57 Å². The highest BCUT2D eigenvalue weighted by Gasteiger charge is 2.55. The van der Waals surface area contributed by atoms with Crippen LogP contribution in [0.4, 0.5) is 5.13 Å². The average molecular weight is 676 g/mol. The van der Waals surface area contributed by atoms with Crippen molar-refractivity contribution in [1.82, 2.24) is 25.1 Å². The Morgan fingerprint density at radius 3 is 2.82 bits per heavy atom. The monoisotopic (exact) mass is 675 g/mol. The summed E-state index contributed by atoms with van der Waals surface area (Å²) in [6, 6.07) is 5.21. The number of aromatic nitrogens is 3. The maximum atomic E-state index is 13.4. The van der Waals surface area contributed by atoms with Crippen molar-refractivity contribution in [2.45, 2.75) is 43.5 Å². The highest BCUT2D eigenvalue weighted by atomic mass is 35.5. The highest BCUT2D eigenvalue weighted by molar-refractivity contribution is 8.00. The number of amides is 2. The van der Waals surface area contributed by atoms with Gasteiger partial charge in [-0.1, -0.05) is 28.1 Å². The molecule has 4 atom stereocenters. The van der Waals surface area contributed by atoms with E-state index in [1.54, 1.807) is 0 Å². The van der Waals surface area contributed by atoms with Crippen molar-refractivity contribution in [3.8, 4) is 0 Å². The second kappa shape index (κ2) is 12.3. The molecule has 2 fully saturated rings. The molecule has 2 amide bonds. The molecule has 3 aliphatic rings. The van der Waals surface area contributed by atoms with Gasteiger partial charge in [-0.3, -0.25) is 14.5 Å². The molecule has 0 aromatic carbocycles. The first kappa shape index (κ1) is 30.8. The molecule has 0 radical (unpaired) electrons. The van der Waals surface area contributed by atoms with Crippen LogP contribution in [0.1, 0.15) is 25.1 Å². The van der Waals surface area contributed by atoms with Crippen LogP contribution in [0.2, 0.25) is 4.34 Å². The quantitative estimate of drug-likeness (QED) is 0.0879. The van der Waals surface area contributed by atoms with Crippen molar-refractivity contribution in [3.63, 3.8) is 0 Å². The first-order valence-electron chi connectivity index (χ1n) is 13.8. The van der Waals surface area contributed by atoms with E-state index in [1.165, 1.54) is 23.6 Å². The fraction of sp³-hybridized carbons (Fsp3) is 0.370. The van der Waals surface area contributed by atoms with Crippen LogP contribution in [0.5, 0.6) is 0 Å². The zero-order chi connectivity index (χ0) is 32.0. The van der Waals surface area contributed by atoms with E-state index in [-0.39, 0.29) is 27.4 Å². The van der Waals surface area contributed by atoms with Gasteiger partial charge in [0.2, 0.25) is 11.6 Å². The van der Waals surface area contributed by atoms with E-state index < -0.39 is 47.0 Å². The van der Waals surface area contributed by atoms with Crippen molar-refractivity contribution in [2.75, 3.05) is 24.6 Å². The fourth-order valence-corrected chi connectivity index (χ4v) is 7.83. The van der Waals surface area contributed by atoms with Crippen molar-refractivity contribution in [3.05, 3.63) is 51.9 Å². The van der Waals surface area contributed by atoms with E-state index in [4.69, 9.17) is 27.3 Å². The molecule has 0 aliphatic carbocycles. The number of fused-ring (bicyclic) bond motifs is 2. The lowest BCUT2D eigenvalue weighted by Gasteiger charge is -2.49. The van der Waals surface area contributed by atoms with E-state index >= 15 is 0 Å². The predicted octanol–water partition coefficient (Wildman–Crippen LogP) is 0.788. The SMILES string of the molecule is C[C@H](ON=C(C(=O)N[C@@H]1C(=O)N2C(C(=O)O)=C(C[n+]3cccc4c3ccn4[C@H]3CCNC3)CS[C@H]12)c1nc(N)sc1Cl)C(=O)O. The zero-order valence-corrected chi connectivity index (χ0v) is 26.1. The van der Waals surface area contributed by atoms with Gasteiger partial charge < -0.3 is 36.0 Å². The lowest BCUT2D eigenvalue weighted by atomic mass is 10.0. The Morgan fingerprint density at radius 2 is 2.16 bits per heavy atom. The minimum absolute atomic E-state index is 0.00472. The number of rotatable bonds is 10. The molecule has 45 heavy (non-hydrogen) atoms. The number of β-lactam (4-membered cyclic amide) rings is 1. The molecule has 6 rings (SSSR count). The molecular formula is C27H28ClN8O7S2+. The Hall–Kier alpha value is -4.19. The number of pyridine rings is 1. The third-order valence-corrected chi connectivity index (χ3v) is 10.2. The number of nitrogen functional groups attached to an aromatic ring is 1. The largest absolute Gasteiger partial charge is 0.478 e. The van der Waals surface area contributed by atoms with Crippen LogP contribution in [0.15, 0.2) is 47.0 Å². The van der Waals surface area contributed by atoms with E-state index in [1.807, 2.05) is 35.2 Å². The molecular weight excluding hydrogens is 648 g/mol. The topological polar surface area (TPSA) is 205 Å². The number of thiazole rings is 1. The Balaban J connectivity index is 1.23. The maximum Gasteiger partial charge on any atom is 0.352 e. The summed E-state index contributed by atoms with van der Waals surface area (Å²) in [5.74, 6) is -3.82. The zero-order valence-electron chi connectivity index (χ0n) is 23.7. The number of carbonyl (C=O) groups is 4. The molecule has 236 valence electrons. The average Bonchev–Trinajstić information content (AvgIpc) is 3.76. The number of nitrogens with two attached hydrogens (primary N) is 1. The fourth-order valence-electron chi connectivity index (χ4n) is 5.57. The summed E-state index contributed by atoms with van der Waals surface area (Å²) >= 11 is 8.36. The van der Waals surface area contributed by atoms with E-state index in [0.29, 0.717) is 17.4 Å². The summed E-state index contributed by atoms with van der Waals surface area (Å²) in [6.45, 7) is 3.30. The smallest absolute Gasteiger partial charge is 0.352 e. The number of halogens is 1. The number of carboxylic acid groups (broad SMARTS) is 2. The first-order valence-corrected chi connectivity index (χ1v) is 16.1. The van der Waals surface area contributed by atoms with Gasteiger partial charge in [0.25, 0.3) is 11.8 Å². The summed E-state index contributed by atoms with van der Waals surface area (Å²) in [6.07, 6.45) is 3.54. The van der Waals surface area contributed by atoms with Gasteiger partial charge in [-0.05, 0) is 26.0 Å². The molecule has 3 aromatic heterocycles. The summed E-state index contributed by atoms with van der Waals surface area (Å²) in [5, 5.41) is 28.3. The van der Waals surface area contributed by atoms with E-state index in [0.717, 1.165) is 41.9 Å².